The van der Waals surface area contributed by atoms with Gasteiger partial charge in [0.15, 0.2) is 5.65 Å². The van der Waals surface area contributed by atoms with Gasteiger partial charge in [0.05, 0.1) is 5.56 Å². The zero-order valence-corrected chi connectivity index (χ0v) is 20.0. The van der Waals surface area contributed by atoms with E-state index in [1.54, 1.807) is 11.0 Å². The van der Waals surface area contributed by atoms with Crippen LogP contribution in [0, 0.1) is 5.92 Å². The van der Waals surface area contributed by atoms with Crippen LogP contribution in [-0.2, 0) is 22.7 Å². The summed E-state index contributed by atoms with van der Waals surface area (Å²) < 4.78 is 8.07. The maximum Gasteiger partial charge on any atom is 0.410 e. The normalized spacial score (nSPS) is 15.0. The Balaban J connectivity index is 1.29. The molecule has 0 radical (unpaired) electrons. The first-order chi connectivity index (χ1) is 17.3. The van der Waals surface area contributed by atoms with Crippen LogP contribution in [0.3, 0.4) is 0 Å². The molecule has 0 bridgehead atoms. The van der Waals surface area contributed by atoms with Crippen molar-refractivity contribution in [1.82, 2.24) is 24.4 Å². The Kier molecular flexibility index (Phi) is 7.67. The maximum absolute atomic E-state index is 12.8. The molecule has 1 aromatic carbocycles. The quantitative estimate of drug-likeness (QED) is 0.489. The molecule has 1 saturated heterocycles. The van der Waals surface area contributed by atoms with Gasteiger partial charge in [-0.3, -0.25) is 9.59 Å². The summed E-state index contributed by atoms with van der Waals surface area (Å²) in [5.41, 5.74) is 1.15. The molecule has 11 heteroatoms. The number of hydrogen-bond donors (Lipinski definition) is 2. The van der Waals surface area contributed by atoms with E-state index < -0.39 is 17.9 Å². The Morgan fingerprint density at radius 1 is 1.14 bits per heavy atom. The highest BCUT2D eigenvalue weighted by atomic mass is 16.6. The van der Waals surface area contributed by atoms with Gasteiger partial charge in [-0.1, -0.05) is 30.3 Å². The highest BCUT2D eigenvalue weighted by Crippen LogP contribution is 2.21. The molecule has 3 heterocycles. The van der Waals surface area contributed by atoms with E-state index in [-0.39, 0.29) is 24.0 Å². The molecule has 1 aliphatic rings. The molecule has 1 atom stereocenters. The van der Waals surface area contributed by atoms with Crippen LogP contribution < -0.4 is 11.0 Å². The van der Waals surface area contributed by atoms with Gasteiger partial charge in [-0.2, -0.15) is 0 Å². The number of aryl methyl sites for hydroxylation is 1. The number of amides is 2. The monoisotopic (exact) mass is 495 g/mol. The smallest absolute Gasteiger partial charge is 0.410 e. The van der Waals surface area contributed by atoms with E-state index in [4.69, 9.17) is 9.84 Å². The number of carboxylic acid groups (broad SMARTS) is 1. The number of fused-ring (bicyclic) bond motifs is 1. The summed E-state index contributed by atoms with van der Waals surface area (Å²) in [6.07, 6.45) is 3.42. The lowest BCUT2D eigenvalue weighted by Crippen LogP contribution is -2.39. The predicted molar refractivity (Wildman–Crippen MR) is 130 cm³/mol. The van der Waals surface area contributed by atoms with Crippen LogP contribution in [0.5, 0.6) is 0 Å². The molecule has 36 heavy (non-hydrogen) atoms. The van der Waals surface area contributed by atoms with E-state index >= 15 is 0 Å². The summed E-state index contributed by atoms with van der Waals surface area (Å²) >= 11 is 0. The number of pyridine rings is 1. The number of carboxylic acids is 1. The molecule has 1 fully saturated rings. The summed E-state index contributed by atoms with van der Waals surface area (Å²) in [5, 5.41) is 15.7. The van der Waals surface area contributed by atoms with Gasteiger partial charge in [0.25, 0.3) is 5.91 Å². The second-order valence-corrected chi connectivity index (χ2v) is 8.94. The number of ether oxygens (including phenoxy) is 1. The van der Waals surface area contributed by atoms with Crippen LogP contribution in [0.2, 0.25) is 0 Å². The van der Waals surface area contributed by atoms with Crippen molar-refractivity contribution in [2.45, 2.75) is 45.4 Å². The van der Waals surface area contributed by atoms with Gasteiger partial charge in [-0.05, 0) is 49.8 Å². The molecule has 0 spiro atoms. The molecule has 190 valence electrons. The van der Waals surface area contributed by atoms with Crippen molar-refractivity contribution < 1.29 is 24.2 Å². The second kappa shape index (κ2) is 11.1. The topological polar surface area (TPSA) is 135 Å². The molecular weight excluding hydrogens is 466 g/mol. The number of likely N-dealkylation sites (tertiary alicyclic amines) is 1. The fraction of sp³-hybridized carbons (Fsp3) is 0.400. The second-order valence-electron chi connectivity index (χ2n) is 8.94. The minimum atomic E-state index is -1.15. The number of benzene rings is 1. The van der Waals surface area contributed by atoms with E-state index in [2.05, 4.69) is 10.4 Å². The zero-order chi connectivity index (χ0) is 25.7. The van der Waals surface area contributed by atoms with Gasteiger partial charge >= 0.3 is 17.8 Å². The molecule has 11 nitrogen and oxygen atoms in total. The molecule has 0 aliphatic carbocycles. The molecule has 2 N–H and O–H groups in total. The average molecular weight is 496 g/mol. The highest BCUT2D eigenvalue weighted by molar-refractivity contribution is 5.96. The maximum atomic E-state index is 12.8. The molecule has 0 saturated carbocycles. The summed E-state index contributed by atoms with van der Waals surface area (Å²) in [4.78, 5) is 50.1. The van der Waals surface area contributed by atoms with Crippen molar-refractivity contribution in [2.75, 3.05) is 13.1 Å². The number of carbonyl (C=O) groups is 3. The first-order valence-corrected chi connectivity index (χ1v) is 11.9. The predicted octanol–water partition coefficient (Wildman–Crippen LogP) is 2.14. The van der Waals surface area contributed by atoms with Crippen molar-refractivity contribution in [3.8, 4) is 0 Å². The minimum Gasteiger partial charge on any atom is -0.480 e. The van der Waals surface area contributed by atoms with Crippen molar-refractivity contribution in [1.29, 1.82) is 0 Å². The van der Waals surface area contributed by atoms with Crippen LogP contribution in [-0.4, -0.2) is 61.3 Å². The van der Waals surface area contributed by atoms with Crippen LogP contribution in [0.25, 0.3) is 5.65 Å². The standard InChI is InChI=1S/C25H29N5O6/c1-17(23(32)33)26-22(31)20-7-8-21-27-30(24(34)29(21)15-20)14-11-18-9-12-28(13-10-18)25(35)36-16-19-5-3-2-4-6-19/h2-8,15,17-18H,9-14,16H2,1H3,(H,26,31)(H,32,33). The van der Waals surface area contributed by atoms with Gasteiger partial charge in [-0.15, -0.1) is 5.10 Å². The molecule has 4 rings (SSSR count). The van der Waals surface area contributed by atoms with Gasteiger partial charge in [-0.25, -0.2) is 18.7 Å². The highest BCUT2D eigenvalue weighted by Gasteiger charge is 2.24. The molecular formula is C25H29N5O6. The number of nitrogens with zero attached hydrogens (tertiary/aromatic N) is 4. The fourth-order valence-corrected chi connectivity index (χ4v) is 4.16. The Morgan fingerprint density at radius 2 is 1.86 bits per heavy atom. The van der Waals surface area contributed by atoms with Crippen LogP contribution in [0.1, 0.15) is 42.1 Å². The van der Waals surface area contributed by atoms with Gasteiger partial charge < -0.3 is 20.1 Å². The summed E-state index contributed by atoms with van der Waals surface area (Å²) in [5.74, 6) is -1.39. The number of aromatic nitrogens is 3. The lowest BCUT2D eigenvalue weighted by molar-refractivity contribution is -0.138. The molecule has 3 aromatic rings. The van der Waals surface area contributed by atoms with E-state index in [1.807, 2.05) is 30.3 Å². The van der Waals surface area contributed by atoms with E-state index in [9.17, 15) is 19.2 Å². The number of carbonyl (C=O) groups excluding carboxylic acids is 2. The first kappa shape index (κ1) is 25.0. The third-order valence-electron chi connectivity index (χ3n) is 6.38. The first-order valence-electron chi connectivity index (χ1n) is 11.9. The summed E-state index contributed by atoms with van der Waals surface area (Å²) in [7, 11) is 0. The average Bonchev–Trinajstić information content (AvgIpc) is 3.21. The Labute approximate surface area is 207 Å². The lowest BCUT2D eigenvalue weighted by atomic mass is 9.94. The fourth-order valence-electron chi connectivity index (χ4n) is 4.16. The summed E-state index contributed by atoms with van der Waals surface area (Å²) in [6, 6.07) is 11.6. The number of piperidine rings is 1. The Bertz CT molecular complexity index is 1290. The van der Waals surface area contributed by atoms with Crippen LogP contribution >= 0.6 is 0 Å². The lowest BCUT2D eigenvalue weighted by Gasteiger charge is -2.31. The third-order valence-corrected chi connectivity index (χ3v) is 6.38. The number of nitrogens with one attached hydrogen (secondary N) is 1. The Hall–Kier alpha value is -4.15. The SMILES string of the molecule is CC(NC(=O)c1ccc2nn(CCC3CCN(C(=O)OCc4ccccc4)CC3)c(=O)n2c1)C(=O)O. The summed E-state index contributed by atoms with van der Waals surface area (Å²) in [6.45, 7) is 3.23. The molecule has 1 unspecified atom stereocenters. The number of hydrogen-bond acceptors (Lipinski definition) is 6. The van der Waals surface area contributed by atoms with Gasteiger partial charge in [0.2, 0.25) is 0 Å². The van der Waals surface area contributed by atoms with Gasteiger partial charge in [0.1, 0.15) is 12.6 Å². The molecule has 2 aromatic heterocycles. The number of aliphatic carboxylic acids is 1. The van der Waals surface area contributed by atoms with Crippen molar-refractivity contribution in [3.05, 3.63) is 70.3 Å². The van der Waals surface area contributed by atoms with Crippen molar-refractivity contribution >= 4 is 23.6 Å². The van der Waals surface area contributed by atoms with Crippen molar-refractivity contribution in [3.63, 3.8) is 0 Å². The van der Waals surface area contributed by atoms with E-state index in [0.717, 1.165) is 24.8 Å². The molecule has 2 amide bonds. The third kappa shape index (κ3) is 5.91. The Morgan fingerprint density at radius 3 is 2.56 bits per heavy atom. The molecule has 1 aliphatic heterocycles. The van der Waals surface area contributed by atoms with Crippen LogP contribution in [0.4, 0.5) is 4.79 Å². The minimum absolute atomic E-state index is 0.170. The largest absolute Gasteiger partial charge is 0.480 e. The van der Waals surface area contributed by atoms with E-state index in [1.165, 1.54) is 28.3 Å². The van der Waals surface area contributed by atoms with Gasteiger partial charge in [0, 0.05) is 25.8 Å². The number of rotatable bonds is 8. The van der Waals surface area contributed by atoms with Crippen molar-refractivity contribution in [2.24, 2.45) is 5.92 Å². The van der Waals surface area contributed by atoms with E-state index in [0.29, 0.717) is 31.2 Å². The zero-order valence-electron chi connectivity index (χ0n) is 20.0. The van der Waals surface area contributed by atoms with Crippen LogP contribution in [0.15, 0.2) is 53.5 Å².